The summed E-state index contributed by atoms with van der Waals surface area (Å²) in [5.74, 6) is 1.00. The van der Waals surface area contributed by atoms with Gasteiger partial charge < -0.3 is 10.2 Å². The lowest BCUT2D eigenvalue weighted by Gasteiger charge is -2.24. The number of nitrogens with one attached hydrogen (secondary N) is 1. The molecule has 19 heavy (non-hydrogen) atoms. The van der Waals surface area contributed by atoms with Gasteiger partial charge in [0.1, 0.15) is 5.82 Å². The molecule has 0 aliphatic carbocycles. The van der Waals surface area contributed by atoms with Crippen molar-refractivity contribution in [3.63, 3.8) is 0 Å². The smallest absolute Gasteiger partial charge is 0.137 e. The van der Waals surface area contributed by atoms with Crippen LogP contribution in [0.25, 0.3) is 0 Å². The monoisotopic (exact) mass is 255 g/mol. The largest absolute Gasteiger partial charge is 0.329 e. The fourth-order valence-corrected chi connectivity index (χ4v) is 2.22. The van der Waals surface area contributed by atoms with Crippen molar-refractivity contribution in [2.75, 3.05) is 18.5 Å². The van der Waals surface area contributed by atoms with Gasteiger partial charge in [-0.1, -0.05) is 31.2 Å². The second kappa shape index (κ2) is 6.34. The van der Waals surface area contributed by atoms with Gasteiger partial charge >= 0.3 is 0 Å². The van der Waals surface area contributed by atoms with Crippen molar-refractivity contribution in [3.8, 4) is 0 Å². The quantitative estimate of drug-likeness (QED) is 0.886. The zero-order valence-corrected chi connectivity index (χ0v) is 11.8. The first-order chi connectivity index (χ1) is 9.24. The van der Waals surface area contributed by atoms with Gasteiger partial charge in [-0.15, -0.1) is 0 Å². The number of para-hydroxylation sites is 1. The van der Waals surface area contributed by atoms with Gasteiger partial charge in [0, 0.05) is 30.5 Å². The molecule has 1 heterocycles. The standard InChI is InChI=1S/C16H21N3/c1-4-17-13(2)15-11-8-12-18-16(15)19(3)14-9-6-5-7-10-14/h5-13,17H,4H2,1-3H3. The second-order valence-corrected chi connectivity index (χ2v) is 4.59. The van der Waals surface area contributed by atoms with Crippen LogP contribution in [-0.2, 0) is 0 Å². The van der Waals surface area contributed by atoms with E-state index in [1.54, 1.807) is 0 Å². The molecule has 0 spiro atoms. The van der Waals surface area contributed by atoms with Crippen LogP contribution in [0.3, 0.4) is 0 Å². The first-order valence-electron chi connectivity index (χ1n) is 6.71. The summed E-state index contributed by atoms with van der Waals surface area (Å²) in [4.78, 5) is 6.67. The Morgan fingerprint density at radius 1 is 1.16 bits per heavy atom. The van der Waals surface area contributed by atoms with Crippen LogP contribution >= 0.6 is 0 Å². The molecule has 0 aliphatic heterocycles. The number of rotatable bonds is 5. The molecular formula is C16H21N3. The molecular weight excluding hydrogens is 234 g/mol. The maximum absolute atomic E-state index is 4.54. The second-order valence-electron chi connectivity index (χ2n) is 4.59. The lowest BCUT2D eigenvalue weighted by Crippen LogP contribution is -2.21. The molecule has 2 rings (SSSR count). The molecule has 1 N–H and O–H groups in total. The Balaban J connectivity index is 2.34. The highest BCUT2D eigenvalue weighted by Gasteiger charge is 2.14. The number of anilines is 2. The maximum atomic E-state index is 4.54. The van der Waals surface area contributed by atoms with Crippen LogP contribution < -0.4 is 10.2 Å². The minimum atomic E-state index is 0.292. The summed E-state index contributed by atoms with van der Waals surface area (Å²) in [5, 5.41) is 3.44. The van der Waals surface area contributed by atoms with Crippen LogP contribution in [-0.4, -0.2) is 18.6 Å². The van der Waals surface area contributed by atoms with Gasteiger partial charge in [-0.2, -0.15) is 0 Å². The molecule has 3 heteroatoms. The zero-order chi connectivity index (χ0) is 13.7. The van der Waals surface area contributed by atoms with Crippen molar-refractivity contribution in [2.24, 2.45) is 0 Å². The van der Waals surface area contributed by atoms with E-state index in [0.29, 0.717) is 6.04 Å². The summed E-state index contributed by atoms with van der Waals surface area (Å²) in [6, 6.07) is 14.7. The third-order valence-corrected chi connectivity index (χ3v) is 3.25. The van der Waals surface area contributed by atoms with Crippen molar-refractivity contribution in [1.82, 2.24) is 10.3 Å². The molecule has 0 saturated carbocycles. The number of hydrogen-bond acceptors (Lipinski definition) is 3. The van der Waals surface area contributed by atoms with Gasteiger partial charge in [0.2, 0.25) is 0 Å². The van der Waals surface area contributed by atoms with Crippen molar-refractivity contribution in [1.29, 1.82) is 0 Å². The maximum Gasteiger partial charge on any atom is 0.137 e. The molecule has 0 amide bonds. The summed E-state index contributed by atoms with van der Waals surface area (Å²) < 4.78 is 0. The normalized spacial score (nSPS) is 12.2. The predicted octanol–water partition coefficient (Wildman–Crippen LogP) is 3.52. The summed E-state index contributed by atoms with van der Waals surface area (Å²) in [7, 11) is 2.06. The summed E-state index contributed by atoms with van der Waals surface area (Å²) in [6.07, 6.45) is 1.84. The van der Waals surface area contributed by atoms with Gasteiger partial charge in [0.25, 0.3) is 0 Å². The minimum absolute atomic E-state index is 0.292. The highest BCUT2D eigenvalue weighted by Crippen LogP contribution is 2.28. The van der Waals surface area contributed by atoms with Crippen molar-refractivity contribution >= 4 is 11.5 Å². The number of aromatic nitrogens is 1. The average molecular weight is 255 g/mol. The van der Waals surface area contributed by atoms with Crippen molar-refractivity contribution in [2.45, 2.75) is 19.9 Å². The average Bonchev–Trinajstić information content (AvgIpc) is 2.47. The fraction of sp³-hybridized carbons (Fsp3) is 0.312. The highest BCUT2D eigenvalue weighted by molar-refractivity contribution is 5.62. The Kier molecular flexibility index (Phi) is 4.53. The van der Waals surface area contributed by atoms with Crippen LogP contribution in [0.15, 0.2) is 48.7 Å². The van der Waals surface area contributed by atoms with E-state index in [-0.39, 0.29) is 0 Å². The molecule has 0 saturated heterocycles. The van der Waals surface area contributed by atoms with Gasteiger partial charge in [0.15, 0.2) is 0 Å². The molecule has 0 aliphatic rings. The van der Waals surface area contributed by atoms with E-state index >= 15 is 0 Å². The van der Waals surface area contributed by atoms with Crippen LogP contribution in [0.4, 0.5) is 11.5 Å². The molecule has 1 atom stereocenters. The van der Waals surface area contributed by atoms with E-state index in [1.165, 1.54) is 5.56 Å². The first-order valence-corrected chi connectivity index (χ1v) is 6.71. The Hall–Kier alpha value is -1.87. The fourth-order valence-electron chi connectivity index (χ4n) is 2.22. The minimum Gasteiger partial charge on any atom is -0.329 e. The lowest BCUT2D eigenvalue weighted by atomic mass is 10.1. The zero-order valence-electron chi connectivity index (χ0n) is 11.8. The molecule has 0 radical (unpaired) electrons. The first kappa shape index (κ1) is 13.6. The molecule has 100 valence electrons. The Morgan fingerprint density at radius 3 is 2.58 bits per heavy atom. The Labute approximate surface area is 115 Å². The predicted molar refractivity (Wildman–Crippen MR) is 80.8 cm³/mol. The molecule has 1 aromatic heterocycles. The van der Waals surface area contributed by atoms with Gasteiger partial charge in [-0.25, -0.2) is 4.98 Å². The number of pyridine rings is 1. The van der Waals surface area contributed by atoms with E-state index in [2.05, 4.69) is 54.3 Å². The van der Waals surface area contributed by atoms with Crippen LogP contribution in [0.2, 0.25) is 0 Å². The lowest BCUT2D eigenvalue weighted by molar-refractivity contribution is 0.596. The molecule has 0 bridgehead atoms. The molecule has 1 unspecified atom stereocenters. The van der Waals surface area contributed by atoms with E-state index in [4.69, 9.17) is 0 Å². The summed E-state index contributed by atoms with van der Waals surface area (Å²) >= 11 is 0. The third-order valence-electron chi connectivity index (χ3n) is 3.25. The van der Waals surface area contributed by atoms with E-state index in [1.807, 2.05) is 30.5 Å². The molecule has 0 fully saturated rings. The van der Waals surface area contributed by atoms with E-state index < -0.39 is 0 Å². The number of benzene rings is 1. The van der Waals surface area contributed by atoms with E-state index in [0.717, 1.165) is 18.1 Å². The molecule has 1 aromatic carbocycles. The number of nitrogens with zero attached hydrogens (tertiary/aromatic N) is 2. The van der Waals surface area contributed by atoms with Crippen molar-refractivity contribution < 1.29 is 0 Å². The van der Waals surface area contributed by atoms with Crippen LogP contribution in [0.5, 0.6) is 0 Å². The summed E-state index contributed by atoms with van der Waals surface area (Å²) in [5.41, 5.74) is 2.36. The van der Waals surface area contributed by atoms with Crippen molar-refractivity contribution in [3.05, 3.63) is 54.2 Å². The van der Waals surface area contributed by atoms with Crippen LogP contribution in [0.1, 0.15) is 25.5 Å². The van der Waals surface area contributed by atoms with Gasteiger partial charge in [0.05, 0.1) is 0 Å². The van der Waals surface area contributed by atoms with Gasteiger partial charge in [-0.05, 0) is 31.7 Å². The molecule has 2 aromatic rings. The Bertz CT molecular complexity index is 510. The van der Waals surface area contributed by atoms with E-state index in [9.17, 15) is 0 Å². The highest BCUT2D eigenvalue weighted by atomic mass is 15.2. The summed E-state index contributed by atoms with van der Waals surface area (Å²) in [6.45, 7) is 5.24. The SMILES string of the molecule is CCNC(C)c1cccnc1N(C)c1ccccc1. The third kappa shape index (κ3) is 3.12. The Morgan fingerprint density at radius 2 is 1.89 bits per heavy atom. The van der Waals surface area contributed by atoms with Gasteiger partial charge in [-0.3, -0.25) is 0 Å². The molecule has 3 nitrogen and oxygen atoms in total. The topological polar surface area (TPSA) is 28.2 Å². The number of hydrogen-bond donors (Lipinski definition) is 1. The van der Waals surface area contributed by atoms with Crippen LogP contribution in [0, 0.1) is 0 Å².